The minimum atomic E-state index is 0.167. The first-order valence-corrected chi connectivity index (χ1v) is 10.6. The average molecular weight is 492 g/mol. The topological polar surface area (TPSA) is 62.8 Å². The lowest BCUT2D eigenvalue weighted by Gasteiger charge is -2.15. The van der Waals surface area contributed by atoms with Crippen molar-refractivity contribution in [3.8, 4) is 11.5 Å². The second-order valence-electron chi connectivity index (χ2n) is 6.14. The highest BCUT2D eigenvalue weighted by Crippen LogP contribution is 2.37. The van der Waals surface area contributed by atoms with Gasteiger partial charge in [-0.2, -0.15) is 0 Å². The number of aliphatic hydroxyl groups excluding tert-OH is 1. The molecule has 0 aliphatic carbocycles. The summed E-state index contributed by atoms with van der Waals surface area (Å²) in [7, 11) is 1.62. The van der Waals surface area contributed by atoms with Crippen molar-refractivity contribution in [1.82, 2.24) is 10.6 Å². The van der Waals surface area contributed by atoms with Gasteiger partial charge >= 0.3 is 0 Å². The van der Waals surface area contributed by atoms with Crippen molar-refractivity contribution in [1.29, 1.82) is 0 Å². The molecule has 0 spiro atoms. The van der Waals surface area contributed by atoms with Crippen LogP contribution in [0.5, 0.6) is 11.5 Å². The molecule has 0 heterocycles. The highest BCUT2D eigenvalue weighted by atomic mass is 79.9. The Morgan fingerprint density at radius 2 is 1.86 bits per heavy atom. The summed E-state index contributed by atoms with van der Waals surface area (Å²) in [5.41, 5.74) is 1.93. The van der Waals surface area contributed by atoms with Crippen LogP contribution in [0.3, 0.4) is 0 Å². The molecule has 2 rings (SSSR count). The monoisotopic (exact) mass is 490 g/mol. The lowest BCUT2D eigenvalue weighted by atomic mass is 10.2. The molecule has 0 amide bonds. The van der Waals surface area contributed by atoms with Gasteiger partial charge in [0.05, 0.1) is 18.2 Å². The number of aliphatic hydroxyl groups is 1. The summed E-state index contributed by atoms with van der Waals surface area (Å²) in [4.78, 5) is 0. The highest BCUT2D eigenvalue weighted by Gasteiger charge is 2.13. The smallest absolute Gasteiger partial charge is 0.175 e. The predicted molar refractivity (Wildman–Crippen MR) is 118 cm³/mol. The van der Waals surface area contributed by atoms with E-state index in [0.717, 1.165) is 41.7 Å². The van der Waals surface area contributed by atoms with Gasteiger partial charge in [-0.3, -0.25) is 0 Å². The summed E-state index contributed by atoms with van der Waals surface area (Å²) in [5, 5.41) is 16.4. The van der Waals surface area contributed by atoms with E-state index in [9.17, 15) is 0 Å². The summed E-state index contributed by atoms with van der Waals surface area (Å²) in [5.74, 6) is 1.28. The number of benzene rings is 2. The molecule has 3 N–H and O–H groups in total. The molecule has 0 aliphatic heterocycles. The molecule has 0 aliphatic rings. The van der Waals surface area contributed by atoms with Gasteiger partial charge in [-0.15, -0.1) is 0 Å². The number of methoxy groups -OCH3 is 1. The van der Waals surface area contributed by atoms with Gasteiger partial charge in [-0.05, 0) is 65.3 Å². The zero-order chi connectivity index (χ0) is 20.4. The Morgan fingerprint density at radius 1 is 1.07 bits per heavy atom. The maximum absolute atomic E-state index is 8.73. The molecule has 28 heavy (non-hydrogen) atoms. The Kier molecular flexibility index (Phi) is 10.4. The van der Waals surface area contributed by atoms with Gasteiger partial charge in [-0.1, -0.05) is 29.3 Å². The van der Waals surface area contributed by atoms with Crippen molar-refractivity contribution in [3.63, 3.8) is 0 Å². The molecule has 2 aromatic rings. The van der Waals surface area contributed by atoms with Gasteiger partial charge in [0.1, 0.15) is 6.61 Å². The Bertz CT molecular complexity index is 762. The Labute approximate surface area is 184 Å². The van der Waals surface area contributed by atoms with Crippen LogP contribution in [-0.4, -0.2) is 38.5 Å². The number of hydrogen-bond donors (Lipinski definition) is 3. The van der Waals surface area contributed by atoms with Crippen LogP contribution in [0.15, 0.2) is 34.8 Å². The Hall–Kier alpha value is -1.02. The minimum absolute atomic E-state index is 0.167. The largest absolute Gasteiger partial charge is 0.493 e. The second kappa shape index (κ2) is 12.5. The average Bonchev–Trinajstić information content (AvgIpc) is 2.67. The first-order chi connectivity index (χ1) is 13.5. The molecule has 0 saturated heterocycles. The number of rotatable bonds is 12. The molecular weight excluding hydrogens is 467 g/mol. The van der Waals surface area contributed by atoms with Crippen LogP contribution >= 0.6 is 39.1 Å². The van der Waals surface area contributed by atoms with Gasteiger partial charge in [0, 0.05) is 28.7 Å². The zero-order valence-corrected chi connectivity index (χ0v) is 18.8. The van der Waals surface area contributed by atoms with E-state index in [1.54, 1.807) is 19.2 Å². The van der Waals surface area contributed by atoms with Crippen molar-refractivity contribution in [3.05, 3.63) is 56.0 Å². The third-order valence-corrected chi connectivity index (χ3v) is 5.18. The number of halogens is 3. The van der Waals surface area contributed by atoms with Crippen LogP contribution in [0, 0.1) is 0 Å². The summed E-state index contributed by atoms with van der Waals surface area (Å²) in [6, 6.07) is 9.30. The molecule has 2 aromatic carbocycles. The van der Waals surface area contributed by atoms with E-state index < -0.39 is 0 Å². The van der Waals surface area contributed by atoms with Crippen molar-refractivity contribution in [2.24, 2.45) is 0 Å². The summed E-state index contributed by atoms with van der Waals surface area (Å²) < 4.78 is 12.3. The van der Waals surface area contributed by atoms with Gasteiger partial charge in [0.25, 0.3) is 0 Å². The molecule has 0 radical (unpaired) electrons. The quantitative estimate of drug-likeness (QED) is 0.384. The molecule has 8 heteroatoms. The number of nitrogens with one attached hydrogen (secondary N) is 2. The van der Waals surface area contributed by atoms with Crippen molar-refractivity contribution in [2.75, 3.05) is 33.4 Å². The van der Waals surface area contributed by atoms with Gasteiger partial charge < -0.3 is 25.2 Å². The predicted octanol–water partition coefficient (Wildman–Crippen LogP) is 4.41. The lowest BCUT2D eigenvalue weighted by molar-refractivity contribution is 0.282. The molecule has 0 fully saturated rings. The van der Waals surface area contributed by atoms with E-state index in [4.69, 9.17) is 37.8 Å². The molecule has 0 unspecified atom stereocenters. The molecule has 0 saturated carbocycles. The molecule has 5 nitrogen and oxygen atoms in total. The van der Waals surface area contributed by atoms with Crippen LogP contribution < -0.4 is 20.1 Å². The van der Waals surface area contributed by atoms with Gasteiger partial charge in [0.15, 0.2) is 11.5 Å². The first-order valence-electron chi connectivity index (χ1n) is 9.00. The van der Waals surface area contributed by atoms with Crippen LogP contribution in [0.4, 0.5) is 0 Å². The van der Waals surface area contributed by atoms with E-state index in [2.05, 4.69) is 26.6 Å². The second-order valence-corrected chi connectivity index (χ2v) is 7.84. The van der Waals surface area contributed by atoms with E-state index in [0.29, 0.717) is 34.7 Å². The van der Waals surface area contributed by atoms with Crippen molar-refractivity contribution < 1.29 is 14.6 Å². The molecule has 0 bridgehead atoms. The molecular formula is C20H25BrCl2N2O3. The van der Waals surface area contributed by atoms with Crippen LogP contribution in [0.2, 0.25) is 10.0 Å². The van der Waals surface area contributed by atoms with Crippen LogP contribution in [-0.2, 0) is 13.2 Å². The molecule has 0 aromatic heterocycles. The summed E-state index contributed by atoms with van der Waals surface area (Å²) in [6.07, 6.45) is 0.987. The van der Waals surface area contributed by atoms with Crippen LogP contribution in [0.25, 0.3) is 0 Å². The molecule has 0 atom stereocenters. The van der Waals surface area contributed by atoms with Gasteiger partial charge in [0.2, 0.25) is 0 Å². The van der Waals surface area contributed by atoms with Crippen molar-refractivity contribution in [2.45, 2.75) is 19.6 Å². The Balaban J connectivity index is 1.93. The van der Waals surface area contributed by atoms with Crippen molar-refractivity contribution >= 4 is 39.1 Å². The fourth-order valence-corrected chi connectivity index (χ4v) is 3.65. The fraction of sp³-hybridized carbons (Fsp3) is 0.400. The van der Waals surface area contributed by atoms with E-state index in [1.807, 2.05) is 18.2 Å². The maximum atomic E-state index is 8.73. The first kappa shape index (κ1) is 23.3. The number of ether oxygens (including phenoxy) is 2. The van der Waals surface area contributed by atoms with Gasteiger partial charge in [-0.25, -0.2) is 0 Å². The number of hydrogen-bond acceptors (Lipinski definition) is 5. The third-order valence-electron chi connectivity index (χ3n) is 4.00. The van der Waals surface area contributed by atoms with E-state index in [-0.39, 0.29) is 6.61 Å². The molecule has 154 valence electrons. The Morgan fingerprint density at radius 3 is 2.57 bits per heavy atom. The highest BCUT2D eigenvalue weighted by molar-refractivity contribution is 9.10. The minimum Gasteiger partial charge on any atom is -0.493 e. The zero-order valence-electron chi connectivity index (χ0n) is 15.7. The van der Waals surface area contributed by atoms with E-state index in [1.165, 1.54) is 0 Å². The fourth-order valence-electron chi connectivity index (χ4n) is 2.58. The van der Waals surface area contributed by atoms with E-state index >= 15 is 0 Å². The lowest BCUT2D eigenvalue weighted by Crippen LogP contribution is -2.23. The summed E-state index contributed by atoms with van der Waals surface area (Å²) >= 11 is 15.7. The standard InChI is InChI=1S/C20H25BrCl2N2O3/c1-27-19-10-14(12-25-6-2-5-24-7-8-26)9-17(21)20(19)28-13-15-3-4-16(22)11-18(15)23/h3-4,9-11,24-26H,2,5-8,12-13H2,1H3. The van der Waals surface area contributed by atoms with Crippen LogP contribution in [0.1, 0.15) is 17.5 Å². The summed E-state index contributed by atoms with van der Waals surface area (Å²) in [6.45, 7) is 3.58. The normalized spacial score (nSPS) is 10.9. The third kappa shape index (κ3) is 7.43. The SMILES string of the molecule is COc1cc(CNCCCNCCO)cc(Br)c1OCc1ccc(Cl)cc1Cl. The maximum Gasteiger partial charge on any atom is 0.175 e.